The first-order chi connectivity index (χ1) is 8.04. The second kappa shape index (κ2) is 6.64. The van der Waals surface area contributed by atoms with Gasteiger partial charge in [0.15, 0.2) is 0 Å². The highest BCUT2D eigenvalue weighted by Gasteiger charge is 2.08. The van der Waals surface area contributed by atoms with Crippen molar-refractivity contribution in [3.8, 4) is 0 Å². The number of nitrogens with one attached hydrogen (secondary N) is 1. The molecule has 0 unspecified atom stereocenters. The monoisotopic (exact) mass is 298 g/mol. The predicted octanol–water partition coefficient (Wildman–Crippen LogP) is 4.02. The summed E-state index contributed by atoms with van der Waals surface area (Å²) in [6.45, 7) is 4.90. The van der Waals surface area contributed by atoms with Crippen LogP contribution < -0.4 is 5.32 Å². The van der Waals surface area contributed by atoms with Crippen LogP contribution >= 0.6 is 15.9 Å². The van der Waals surface area contributed by atoms with Crippen molar-refractivity contribution in [3.05, 3.63) is 28.2 Å². The Bertz CT molecular complexity index is 393. The average molecular weight is 299 g/mol. The summed E-state index contributed by atoms with van der Waals surface area (Å²) < 4.78 is 1.05. The number of aryl methyl sites for hydroxylation is 1. The zero-order valence-electron chi connectivity index (χ0n) is 10.6. The minimum Gasteiger partial charge on any atom is -0.328 e. The first-order valence-electron chi connectivity index (χ1n) is 5.83. The van der Waals surface area contributed by atoms with Crippen LogP contribution in [0.25, 0.3) is 0 Å². The largest absolute Gasteiger partial charge is 0.328 e. The number of hydrogen-bond acceptors (Lipinski definition) is 1. The van der Waals surface area contributed by atoms with E-state index < -0.39 is 0 Å². The number of amides is 2. The zero-order chi connectivity index (χ0) is 12.8. The number of carbonyl (C=O) groups is 1. The van der Waals surface area contributed by atoms with Gasteiger partial charge in [0.2, 0.25) is 0 Å². The summed E-state index contributed by atoms with van der Waals surface area (Å²) in [4.78, 5) is 13.5. The van der Waals surface area contributed by atoms with Gasteiger partial charge in [-0.25, -0.2) is 4.79 Å². The summed E-state index contributed by atoms with van der Waals surface area (Å²) in [5.74, 6) is 0. The van der Waals surface area contributed by atoms with Gasteiger partial charge in [0.05, 0.1) is 0 Å². The molecule has 0 bridgehead atoms. The molecule has 17 heavy (non-hydrogen) atoms. The number of nitrogens with zero attached hydrogens (tertiary/aromatic N) is 1. The van der Waals surface area contributed by atoms with Gasteiger partial charge in [-0.05, 0) is 37.1 Å². The lowest BCUT2D eigenvalue weighted by Gasteiger charge is -2.17. The minimum absolute atomic E-state index is 0.0554. The molecule has 3 nitrogen and oxygen atoms in total. The van der Waals surface area contributed by atoms with Crippen LogP contribution in [0.4, 0.5) is 10.5 Å². The predicted molar refractivity (Wildman–Crippen MR) is 75.4 cm³/mol. The van der Waals surface area contributed by atoms with Crippen molar-refractivity contribution >= 4 is 27.6 Å². The topological polar surface area (TPSA) is 32.3 Å². The van der Waals surface area contributed by atoms with E-state index in [0.717, 1.165) is 35.1 Å². The number of hydrogen-bond donors (Lipinski definition) is 1. The zero-order valence-corrected chi connectivity index (χ0v) is 12.2. The molecule has 0 aliphatic rings. The van der Waals surface area contributed by atoms with E-state index in [4.69, 9.17) is 0 Å². The van der Waals surface area contributed by atoms with Crippen molar-refractivity contribution in [1.29, 1.82) is 0 Å². The fourth-order valence-electron chi connectivity index (χ4n) is 1.44. The third-order valence-corrected chi connectivity index (χ3v) is 3.49. The van der Waals surface area contributed by atoms with E-state index in [9.17, 15) is 4.79 Å². The van der Waals surface area contributed by atoms with Gasteiger partial charge in [-0.3, -0.25) is 0 Å². The number of carbonyl (C=O) groups excluding carboxylic acids is 1. The molecule has 94 valence electrons. The highest BCUT2D eigenvalue weighted by atomic mass is 79.9. The molecule has 0 saturated carbocycles. The van der Waals surface area contributed by atoms with Crippen LogP contribution in [-0.2, 0) is 0 Å². The fraction of sp³-hybridized carbons (Fsp3) is 0.462. The molecule has 4 heteroatoms. The van der Waals surface area contributed by atoms with Crippen LogP contribution in [0.2, 0.25) is 0 Å². The Balaban J connectivity index is 2.58. The van der Waals surface area contributed by atoms with Crippen molar-refractivity contribution in [2.75, 3.05) is 18.9 Å². The van der Waals surface area contributed by atoms with Gasteiger partial charge in [0.1, 0.15) is 0 Å². The van der Waals surface area contributed by atoms with Crippen LogP contribution in [0.3, 0.4) is 0 Å². The van der Waals surface area contributed by atoms with Crippen LogP contribution in [-0.4, -0.2) is 24.5 Å². The normalized spacial score (nSPS) is 10.1. The highest BCUT2D eigenvalue weighted by molar-refractivity contribution is 9.10. The molecule has 2 amide bonds. The van der Waals surface area contributed by atoms with E-state index in [1.165, 1.54) is 0 Å². The molecule has 0 radical (unpaired) electrons. The maximum absolute atomic E-state index is 11.8. The molecule has 0 heterocycles. The SMILES string of the molecule is CCCCN(C)C(=O)Nc1ccc(Br)c(C)c1. The summed E-state index contributed by atoms with van der Waals surface area (Å²) in [7, 11) is 1.82. The molecule has 0 aliphatic heterocycles. The molecule has 1 rings (SSSR count). The Morgan fingerprint density at radius 2 is 2.18 bits per heavy atom. The Labute approximate surface area is 111 Å². The van der Waals surface area contributed by atoms with Crippen LogP contribution in [0, 0.1) is 6.92 Å². The number of unbranched alkanes of at least 4 members (excludes halogenated alkanes) is 1. The third kappa shape index (κ3) is 4.38. The lowest BCUT2D eigenvalue weighted by Crippen LogP contribution is -2.32. The first kappa shape index (κ1) is 14.0. The average Bonchev–Trinajstić information content (AvgIpc) is 2.30. The molecular formula is C13H19BrN2O. The quantitative estimate of drug-likeness (QED) is 0.894. The molecule has 0 fully saturated rings. The van der Waals surface area contributed by atoms with Gasteiger partial charge in [-0.2, -0.15) is 0 Å². The summed E-state index contributed by atoms with van der Waals surface area (Å²) >= 11 is 3.44. The fourth-order valence-corrected chi connectivity index (χ4v) is 1.68. The summed E-state index contributed by atoms with van der Waals surface area (Å²) in [5.41, 5.74) is 1.94. The van der Waals surface area contributed by atoms with E-state index >= 15 is 0 Å². The smallest absolute Gasteiger partial charge is 0.321 e. The second-order valence-corrected chi connectivity index (χ2v) is 5.02. The number of urea groups is 1. The molecule has 0 aliphatic carbocycles. The van der Waals surface area contributed by atoms with Crippen LogP contribution in [0.5, 0.6) is 0 Å². The minimum atomic E-state index is -0.0554. The van der Waals surface area contributed by atoms with Gasteiger partial charge < -0.3 is 10.2 Å². The highest BCUT2D eigenvalue weighted by Crippen LogP contribution is 2.20. The molecule has 1 N–H and O–H groups in total. The van der Waals surface area contributed by atoms with Crippen LogP contribution in [0.1, 0.15) is 25.3 Å². The molecule has 0 saturated heterocycles. The van der Waals surface area contributed by atoms with Gasteiger partial charge in [-0.15, -0.1) is 0 Å². The molecular weight excluding hydrogens is 280 g/mol. The number of halogens is 1. The maximum atomic E-state index is 11.8. The second-order valence-electron chi connectivity index (χ2n) is 4.17. The summed E-state index contributed by atoms with van der Waals surface area (Å²) in [5, 5.41) is 2.88. The Morgan fingerprint density at radius 1 is 1.47 bits per heavy atom. The standard InChI is InChI=1S/C13H19BrN2O/c1-4-5-8-16(3)13(17)15-11-6-7-12(14)10(2)9-11/h6-7,9H,4-5,8H2,1-3H3,(H,15,17). The summed E-state index contributed by atoms with van der Waals surface area (Å²) in [6.07, 6.45) is 2.12. The maximum Gasteiger partial charge on any atom is 0.321 e. The van der Waals surface area contributed by atoms with Gasteiger partial charge in [-0.1, -0.05) is 29.3 Å². The van der Waals surface area contributed by atoms with Crippen molar-refractivity contribution in [2.24, 2.45) is 0 Å². The lowest BCUT2D eigenvalue weighted by molar-refractivity contribution is 0.222. The van der Waals surface area contributed by atoms with Crippen molar-refractivity contribution in [1.82, 2.24) is 4.90 Å². The van der Waals surface area contributed by atoms with Gasteiger partial charge >= 0.3 is 6.03 Å². The van der Waals surface area contributed by atoms with Gasteiger partial charge in [0.25, 0.3) is 0 Å². The number of benzene rings is 1. The van der Waals surface area contributed by atoms with Crippen molar-refractivity contribution in [2.45, 2.75) is 26.7 Å². The Morgan fingerprint density at radius 3 is 2.76 bits per heavy atom. The van der Waals surface area contributed by atoms with E-state index in [2.05, 4.69) is 28.2 Å². The molecule has 0 spiro atoms. The Kier molecular flexibility index (Phi) is 5.48. The van der Waals surface area contributed by atoms with E-state index in [-0.39, 0.29) is 6.03 Å². The number of rotatable bonds is 4. The van der Waals surface area contributed by atoms with Crippen molar-refractivity contribution in [3.63, 3.8) is 0 Å². The number of anilines is 1. The van der Waals surface area contributed by atoms with E-state index in [1.54, 1.807) is 4.90 Å². The molecule has 1 aromatic rings. The van der Waals surface area contributed by atoms with Crippen molar-refractivity contribution < 1.29 is 4.79 Å². The molecule has 1 aromatic carbocycles. The third-order valence-electron chi connectivity index (χ3n) is 2.60. The van der Waals surface area contributed by atoms with E-state index in [0.29, 0.717) is 0 Å². The molecule has 0 atom stereocenters. The summed E-state index contributed by atoms with van der Waals surface area (Å²) in [6, 6.07) is 5.73. The van der Waals surface area contributed by atoms with Crippen LogP contribution in [0.15, 0.2) is 22.7 Å². The molecule has 0 aromatic heterocycles. The van der Waals surface area contributed by atoms with E-state index in [1.807, 2.05) is 32.2 Å². The van der Waals surface area contributed by atoms with Gasteiger partial charge in [0, 0.05) is 23.8 Å². The Hall–Kier alpha value is -1.03. The lowest BCUT2D eigenvalue weighted by atomic mass is 10.2. The first-order valence-corrected chi connectivity index (χ1v) is 6.62.